The minimum Gasteiger partial charge on any atom is -0.378 e. The van der Waals surface area contributed by atoms with Crippen LogP contribution in [0.15, 0.2) is 24.3 Å². The second-order valence-corrected chi connectivity index (χ2v) is 4.21. The Labute approximate surface area is 110 Å². The van der Waals surface area contributed by atoms with Gasteiger partial charge in [-0.25, -0.2) is 4.39 Å². The SMILES string of the molecule is O=C(NCc1ccc(F)cc1)C(=O)N1CCOCC1. The highest BCUT2D eigenvalue weighted by molar-refractivity contribution is 6.34. The number of halogens is 1. The molecule has 1 N–H and O–H groups in total. The fraction of sp³-hybridized carbons (Fsp3) is 0.385. The molecule has 1 aromatic carbocycles. The zero-order valence-electron chi connectivity index (χ0n) is 10.4. The molecule has 1 saturated heterocycles. The third-order valence-electron chi connectivity index (χ3n) is 2.86. The molecule has 0 spiro atoms. The molecule has 0 unspecified atom stereocenters. The van der Waals surface area contributed by atoms with Gasteiger partial charge in [0.25, 0.3) is 0 Å². The fourth-order valence-electron chi connectivity index (χ4n) is 1.77. The van der Waals surface area contributed by atoms with Crippen molar-refractivity contribution >= 4 is 11.8 Å². The number of ether oxygens (including phenoxy) is 1. The van der Waals surface area contributed by atoms with Gasteiger partial charge in [0.05, 0.1) is 13.2 Å². The van der Waals surface area contributed by atoms with Gasteiger partial charge in [-0.05, 0) is 17.7 Å². The lowest BCUT2D eigenvalue weighted by molar-refractivity contribution is -0.148. The van der Waals surface area contributed by atoms with Crippen molar-refractivity contribution in [2.45, 2.75) is 6.54 Å². The Morgan fingerprint density at radius 1 is 1.21 bits per heavy atom. The van der Waals surface area contributed by atoms with Crippen LogP contribution in [0.25, 0.3) is 0 Å². The van der Waals surface area contributed by atoms with Gasteiger partial charge in [0.15, 0.2) is 0 Å². The van der Waals surface area contributed by atoms with Crippen molar-refractivity contribution in [2.75, 3.05) is 26.3 Å². The van der Waals surface area contributed by atoms with Crippen LogP contribution in [0.3, 0.4) is 0 Å². The van der Waals surface area contributed by atoms with Crippen molar-refractivity contribution in [1.29, 1.82) is 0 Å². The van der Waals surface area contributed by atoms with Crippen molar-refractivity contribution in [3.63, 3.8) is 0 Å². The van der Waals surface area contributed by atoms with E-state index in [1.165, 1.54) is 17.0 Å². The lowest BCUT2D eigenvalue weighted by Crippen LogP contribution is -2.47. The largest absolute Gasteiger partial charge is 0.378 e. The molecular formula is C13H15FN2O3. The van der Waals surface area contributed by atoms with E-state index in [4.69, 9.17) is 4.74 Å². The zero-order valence-corrected chi connectivity index (χ0v) is 10.4. The van der Waals surface area contributed by atoms with E-state index in [2.05, 4.69) is 5.32 Å². The molecule has 2 amide bonds. The Balaban J connectivity index is 1.83. The molecular weight excluding hydrogens is 251 g/mol. The minimum absolute atomic E-state index is 0.204. The Hall–Kier alpha value is -1.95. The molecule has 19 heavy (non-hydrogen) atoms. The van der Waals surface area contributed by atoms with Gasteiger partial charge in [0, 0.05) is 19.6 Å². The highest BCUT2D eigenvalue weighted by atomic mass is 19.1. The van der Waals surface area contributed by atoms with E-state index in [0.29, 0.717) is 26.3 Å². The summed E-state index contributed by atoms with van der Waals surface area (Å²) >= 11 is 0. The van der Waals surface area contributed by atoms with Crippen LogP contribution in [0.5, 0.6) is 0 Å². The Bertz CT molecular complexity index is 455. The topological polar surface area (TPSA) is 58.6 Å². The molecule has 0 aromatic heterocycles. The third-order valence-corrected chi connectivity index (χ3v) is 2.86. The predicted octanol–water partition coefficient (Wildman–Crippen LogP) is 0.301. The molecule has 1 aliphatic heterocycles. The first kappa shape index (κ1) is 13.5. The average molecular weight is 266 g/mol. The van der Waals surface area contributed by atoms with Gasteiger partial charge in [-0.15, -0.1) is 0 Å². The maximum atomic E-state index is 12.7. The highest BCUT2D eigenvalue weighted by Crippen LogP contribution is 2.02. The Kier molecular flexibility index (Phi) is 4.46. The maximum absolute atomic E-state index is 12.7. The van der Waals surface area contributed by atoms with Crippen LogP contribution in [0.2, 0.25) is 0 Å². The van der Waals surface area contributed by atoms with Crippen molar-refractivity contribution in [3.8, 4) is 0 Å². The molecule has 1 fully saturated rings. The number of carbonyl (C=O) groups is 2. The lowest BCUT2D eigenvalue weighted by Gasteiger charge is -2.26. The van der Waals surface area contributed by atoms with Crippen LogP contribution in [0.1, 0.15) is 5.56 Å². The number of benzene rings is 1. The van der Waals surface area contributed by atoms with Crippen LogP contribution in [-0.2, 0) is 20.9 Å². The van der Waals surface area contributed by atoms with Gasteiger partial charge in [-0.1, -0.05) is 12.1 Å². The van der Waals surface area contributed by atoms with Gasteiger partial charge in [-0.3, -0.25) is 9.59 Å². The summed E-state index contributed by atoms with van der Waals surface area (Å²) in [6, 6.07) is 5.75. The number of carbonyl (C=O) groups excluding carboxylic acids is 2. The summed E-state index contributed by atoms with van der Waals surface area (Å²) < 4.78 is 17.8. The molecule has 1 aromatic rings. The van der Waals surface area contributed by atoms with Crippen molar-refractivity contribution in [2.24, 2.45) is 0 Å². The molecule has 0 radical (unpaired) electrons. The van der Waals surface area contributed by atoms with Crippen molar-refractivity contribution in [1.82, 2.24) is 10.2 Å². The summed E-state index contributed by atoms with van der Waals surface area (Å²) in [6.45, 7) is 1.98. The summed E-state index contributed by atoms with van der Waals surface area (Å²) in [7, 11) is 0. The molecule has 1 aliphatic rings. The molecule has 0 saturated carbocycles. The van der Waals surface area contributed by atoms with E-state index >= 15 is 0 Å². The van der Waals surface area contributed by atoms with Crippen LogP contribution in [0, 0.1) is 5.82 Å². The lowest BCUT2D eigenvalue weighted by atomic mass is 10.2. The molecule has 102 valence electrons. The monoisotopic (exact) mass is 266 g/mol. The predicted molar refractivity (Wildman–Crippen MR) is 65.6 cm³/mol. The number of nitrogens with one attached hydrogen (secondary N) is 1. The number of hydrogen-bond donors (Lipinski definition) is 1. The molecule has 2 rings (SSSR count). The minimum atomic E-state index is -0.647. The Morgan fingerprint density at radius 2 is 1.84 bits per heavy atom. The standard InChI is InChI=1S/C13H15FN2O3/c14-11-3-1-10(2-4-11)9-15-12(17)13(18)16-5-7-19-8-6-16/h1-4H,5-9H2,(H,15,17). The maximum Gasteiger partial charge on any atom is 0.312 e. The van der Waals surface area contributed by atoms with Gasteiger partial charge >= 0.3 is 11.8 Å². The molecule has 0 bridgehead atoms. The normalized spacial score (nSPS) is 15.1. The first-order chi connectivity index (χ1) is 9.16. The van der Waals surface area contributed by atoms with Crippen LogP contribution < -0.4 is 5.32 Å². The Morgan fingerprint density at radius 3 is 2.47 bits per heavy atom. The summed E-state index contributed by atoms with van der Waals surface area (Å²) in [6.07, 6.45) is 0. The summed E-state index contributed by atoms with van der Waals surface area (Å²) in [5.74, 6) is -1.53. The first-order valence-corrected chi connectivity index (χ1v) is 6.06. The number of nitrogens with zero attached hydrogens (tertiary/aromatic N) is 1. The first-order valence-electron chi connectivity index (χ1n) is 6.06. The van der Waals surface area contributed by atoms with Crippen LogP contribution in [-0.4, -0.2) is 43.0 Å². The second kappa shape index (κ2) is 6.29. The number of hydrogen-bond acceptors (Lipinski definition) is 3. The van der Waals surface area contributed by atoms with E-state index in [9.17, 15) is 14.0 Å². The van der Waals surface area contributed by atoms with Gasteiger partial charge in [0.2, 0.25) is 0 Å². The van der Waals surface area contributed by atoms with E-state index < -0.39 is 11.8 Å². The zero-order chi connectivity index (χ0) is 13.7. The molecule has 0 atom stereocenters. The second-order valence-electron chi connectivity index (χ2n) is 4.21. The van der Waals surface area contributed by atoms with Gasteiger partial charge < -0.3 is 15.0 Å². The van der Waals surface area contributed by atoms with Gasteiger partial charge in [0.1, 0.15) is 5.82 Å². The number of morpholine rings is 1. The van der Waals surface area contributed by atoms with Gasteiger partial charge in [-0.2, -0.15) is 0 Å². The van der Waals surface area contributed by atoms with Crippen LogP contribution in [0.4, 0.5) is 4.39 Å². The van der Waals surface area contributed by atoms with E-state index in [1.54, 1.807) is 12.1 Å². The molecule has 5 nitrogen and oxygen atoms in total. The fourth-order valence-corrected chi connectivity index (χ4v) is 1.77. The highest BCUT2D eigenvalue weighted by Gasteiger charge is 2.23. The molecule has 1 heterocycles. The van der Waals surface area contributed by atoms with Crippen LogP contribution >= 0.6 is 0 Å². The smallest absolute Gasteiger partial charge is 0.312 e. The van der Waals surface area contributed by atoms with E-state index in [1.807, 2.05) is 0 Å². The molecule has 6 heteroatoms. The summed E-state index contributed by atoms with van der Waals surface area (Å²) in [4.78, 5) is 24.9. The average Bonchev–Trinajstić information content (AvgIpc) is 2.46. The molecule has 0 aliphatic carbocycles. The number of rotatable bonds is 2. The quantitative estimate of drug-likeness (QED) is 0.783. The van der Waals surface area contributed by atoms with Crippen molar-refractivity contribution < 1.29 is 18.7 Å². The van der Waals surface area contributed by atoms with E-state index in [0.717, 1.165) is 5.56 Å². The third kappa shape index (κ3) is 3.75. The summed E-state index contributed by atoms with van der Waals surface area (Å²) in [5.41, 5.74) is 0.740. The number of amides is 2. The summed E-state index contributed by atoms with van der Waals surface area (Å²) in [5, 5.41) is 2.52. The van der Waals surface area contributed by atoms with E-state index in [-0.39, 0.29) is 12.4 Å². The van der Waals surface area contributed by atoms with Crippen molar-refractivity contribution in [3.05, 3.63) is 35.6 Å².